The number of carbonyl (C=O) groups excluding carboxylic acids is 2. The highest BCUT2D eigenvalue weighted by atomic mass is 32.2. The molecule has 1 aliphatic heterocycles. The first-order chi connectivity index (χ1) is 12.9. The minimum absolute atomic E-state index is 0.00690. The second kappa shape index (κ2) is 8.40. The Kier molecular flexibility index (Phi) is 5.97. The first-order valence-corrected chi connectivity index (χ1v) is 9.46. The van der Waals surface area contributed by atoms with Crippen molar-refractivity contribution in [3.63, 3.8) is 0 Å². The summed E-state index contributed by atoms with van der Waals surface area (Å²) in [4.78, 5) is 35.5. The van der Waals surface area contributed by atoms with Gasteiger partial charge in [-0.25, -0.2) is 9.89 Å². The van der Waals surface area contributed by atoms with Crippen LogP contribution in [0.2, 0.25) is 0 Å². The number of rotatable bonds is 7. The van der Waals surface area contributed by atoms with E-state index >= 15 is 0 Å². The molecular formula is C17H21N5O4S. The van der Waals surface area contributed by atoms with E-state index in [9.17, 15) is 14.4 Å². The third-order valence-corrected chi connectivity index (χ3v) is 5.31. The molecule has 1 aromatic carbocycles. The van der Waals surface area contributed by atoms with Crippen LogP contribution < -0.4 is 16.7 Å². The number of primary amides is 1. The Morgan fingerprint density at radius 2 is 2.19 bits per heavy atom. The quantitative estimate of drug-likeness (QED) is 0.603. The zero-order valence-corrected chi connectivity index (χ0v) is 15.6. The van der Waals surface area contributed by atoms with E-state index in [1.54, 1.807) is 31.2 Å². The van der Waals surface area contributed by atoms with Crippen LogP contribution in [0, 0.1) is 0 Å². The lowest BCUT2D eigenvalue weighted by molar-refractivity contribution is -0.115. The summed E-state index contributed by atoms with van der Waals surface area (Å²) in [5.74, 6) is -0.773. The van der Waals surface area contributed by atoms with Crippen LogP contribution in [-0.4, -0.2) is 44.5 Å². The molecule has 0 aliphatic carbocycles. The van der Waals surface area contributed by atoms with Gasteiger partial charge in [0.2, 0.25) is 11.8 Å². The van der Waals surface area contributed by atoms with Gasteiger partial charge >= 0.3 is 5.69 Å². The zero-order valence-electron chi connectivity index (χ0n) is 14.8. The highest BCUT2D eigenvalue weighted by Crippen LogP contribution is 2.23. The van der Waals surface area contributed by atoms with Gasteiger partial charge in [-0.3, -0.25) is 14.2 Å². The van der Waals surface area contributed by atoms with Crippen LogP contribution in [-0.2, 0) is 16.1 Å². The van der Waals surface area contributed by atoms with Gasteiger partial charge < -0.3 is 15.8 Å². The molecule has 0 bridgehead atoms. The molecule has 1 fully saturated rings. The van der Waals surface area contributed by atoms with Crippen LogP contribution in [0.15, 0.2) is 34.2 Å². The van der Waals surface area contributed by atoms with Gasteiger partial charge in [-0.15, -0.1) is 5.10 Å². The van der Waals surface area contributed by atoms with Gasteiger partial charge in [0.05, 0.1) is 17.9 Å². The number of nitrogens with one attached hydrogen (secondary N) is 2. The topological polar surface area (TPSA) is 132 Å². The molecule has 2 amide bonds. The van der Waals surface area contributed by atoms with Crippen LogP contribution in [0.25, 0.3) is 0 Å². The predicted molar refractivity (Wildman–Crippen MR) is 101 cm³/mol. The Morgan fingerprint density at radius 1 is 1.44 bits per heavy atom. The standard InChI is InChI=1S/C17H21N5O4S/c1-10(15(24)19-12-6-4-11(5-7-12)14(18)23)27-17-21-20-16(25)22(17)9-13-3-2-8-26-13/h4-7,10,13H,2-3,8-9H2,1H3,(H2,18,23)(H,19,24)(H,20,25)/t10-,13-/m1/s1. The number of aromatic nitrogens is 3. The molecule has 2 heterocycles. The van der Waals surface area contributed by atoms with E-state index in [0.717, 1.165) is 12.8 Å². The summed E-state index contributed by atoms with van der Waals surface area (Å²) in [6.45, 7) is 2.85. The summed E-state index contributed by atoms with van der Waals surface area (Å²) >= 11 is 1.19. The minimum Gasteiger partial charge on any atom is -0.376 e. The number of nitrogens with zero attached hydrogens (tertiary/aromatic N) is 2. The number of thioether (sulfide) groups is 1. The van der Waals surface area contributed by atoms with Crippen molar-refractivity contribution in [3.8, 4) is 0 Å². The largest absolute Gasteiger partial charge is 0.376 e. The highest BCUT2D eigenvalue weighted by Gasteiger charge is 2.23. The van der Waals surface area contributed by atoms with Crippen LogP contribution in [0.5, 0.6) is 0 Å². The lowest BCUT2D eigenvalue weighted by Crippen LogP contribution is -2.27. The molecule has 2 atom stereocenters. The average molecular weight is 391 g/mol. The third-order valence-electron chi connectivity index (χ3n) is 4.22. The van der Waals surface area contributed by atoms with Crippen LogP contribution in [0.4, 0.5) is 5.69 Å². The Labute approximate surface area is 159 Å². The molecule has 4 N–H and O–H groups in total. The van der Waals surface area contributed by atoms with Gasteiger partial charge in [0.1, 0.15) is 0 Å². The van der Waals surface area contributed by atoms with E-state index in [1.165, 1.54) is 16.3 Å². The van der Waals surface area contributed by atoms with Crippen LogP contribution in [0.1, 0.15) is 30.1 Å². The van der Waals surface area contributed by atoms with Crippen molar-refractivity contribution in [2.45, 2.75) is 42.8 Å². The maximum atomic E-state index is 12.4. The number of carbonyl (C=O) groups is 2. The Bertz CT molecular complexity index is 870. The molecule has 0 radical (unpaired) electrons. The predicted octanol–water partition coefficient (Wildman–Crippen LogP) is 0.969. The molecule has 0 unspecified atom stereocenters. The summed E-state index contributed by atoms with van der Waals surface area (Å²) < 4.78 is 7.08. The Balaban J connectivity index is 1.62. The fourth-order valence-electron chi connectivity index (χ4n) is 2.72. The Hall–Kier alpha value is -2.59. The number of benzene rings is 1. The smallest absolute Gasteiger partial charge is 0.344 e. The van der Waals surface area contributed by atoms with Gasteiger partial charge in [-0.2, -0.15) is 0 Å². The molecular weight excluding hydrogens is 370 g/mol. The van der Waals surface area contributed by atoms with E-state index in [0.29, 0.717) is 29.6 Å². The number of ether oxygens (including phenoxy) is 1. The normalized spacial score (nSPS) is 17.6. The molecule has 0 spiro atoms. The number of H-pyrrole nitrogens is 1. The molecule has 1 aliphatic rings. The third kappa shape index (κ3) is 4.77. The number of anilines is 1. The van der Waals surface area contributed by atoms with Gasteiger partial charge in [0, 0.05) is 17.9 Å². The molecule has 0 saturated carbocycles. The summed E-state index contributed by atoms with van der Waals surface area (Å²) in [5.41, 5.74) is 5.80. The average Bonchev–Trinajstić information content (AvgIpc) is 3.27. The fraction of sp³-hybridized carbons (Fsp3) is 0.412. The van der Waals surface area contributed by atoms with Crippen molar-refractivity contribution < 1.29 is 14.3 Å². The highest BCUT2D eigenvalue weighted by molar-refractivity contribution is 8.00. The Morgan fingerprint density at radius 3 is 2.81 bits per heavy atom. The minimum atomic E-state index is -0.528. The molecule has 27 heavy (non-hydrogen) atoms. The summed E-state index contributed by atoms with van der Waals surface area (Å²) in [7, 11) is 0. The van der Waals surface area contributed by atoms with Gasteiger partial charge in [0.15, 0.2) is 5.16 Å². The first kappa shape index (κ1) is 19.2. The number of aromatic amines is 1. The molecule has 2 aromatic rings. The van der Waals surface area contributed by atoms with E-state index in [1.807, 2.05) is 0 Å². The van der Waals surface area contributed by atoms with Crippen molar-refractivity contribution >= 4 is 29.3 Å². The van der Waals surface area contributed by atoms with Crippen molar-refractivity contribution in [2.75, 3.05) is 11.9 Å². The second-order valence-electron chi connectivity index (χ2n) is 6.25. The molecule has 9 nitrogen and oxygen atoms in total. The summed E-state index contributed by atoms with van der Waals surface area (Å²) in [6.07, 6.45) is 1.87. The number of hydrogen-bond donors (Lipinski definition) is 3. The van der Waals surface area contributed by atoms with E-state index < -0.39 is 11.2 Å². The lowest BCUT2D eigenvalue weighted by Gasteiger charge is -2.14. The number of hydrogen-bond acceptors (Lipinski definition) is 6. The monoisotopic (exact) mass is 391 g/mol. The lowest BCUT2D eigenvalue weighted by atomic mass is 10.2. The van der Waals surface area contributed by atoms with E-state index in [4.69, 9.17) is 10.5 Å². The van der Waals surface area contributed by atoms with Crippen molar-refractivity contribution in [1.82, 2.24) is 14.8 Å². The first-order valence-electron chi connectivity index (χ1n) is 8.58. The van der Waals surface area contributed by atoms with Crippen LogP contribution >= 0.6 is 11.8 Å². The van der Waals surface area contributed by atoms with Gasteiger partial charge in [-0.05, 0) is 44.0 Å². The van der Waals surface area contributed by atoms with E-state index in [-0.39, 0.29) is 17.7 Å². The molecule has 1 aromatic heterocycles. The molecule has 10 heteroatoms. The molecule has 3 rings (SSSR count). The maximum Gasteiger partial charge on any atom is 0.344 e. The summed E-state index contributed by atoms with van der Waals surface area (Å²) in [5, 5.41) is 9.17. The van der Waals surface area contributed by atoms with Crippen molar-refractivity contribution in [1.29, 1.82) is 0 Å². The van der Waals surface area contributed by atoms with E-state index in [2.05, 4.69) is 15.5 Å². The molecule has 144 valence electrons. The van der Waals surface area contributed by atoms with Crippen LogP contribution in [0.3, 0.4) is 0 Å². The van der Waals surface area contributed by atoms with Gasteiger partial charge in [0.25, 0.3) is 0 Å². The fourth-order valence-corrected chi connectivity index (χ4v) is 3.58. The summed E-state index contributed by atoms with van der Waals surface area (Å²) in [6, 6.07) is 6.31. The second-order valence-corrected chi connectivity index (χ2v) is 7.56. The molecule has 1 saturated heterocycles. The SMILES string of the molecule is C[C@@H](Sc1n[nH]c(=O)n1C[C@H]1CCCO1)C(=O)Nc1ccc(C(N)=O)cc1. The van der Waals surface area contributed by atoms with Crippen molar-refractivity contribution in [3.05, 3.63) is 40.3 Å². The van der Waals surface area contributed by atoms with Crippen molar-refractivity contribution in [2.24, 2.45) is 5.73 Å². The maximum absolute atomic E-state index is 12.4. The van der Waals surface area contributed by atoms with Gasteiger partial charge in [-0.1, -0.05) is 11.8 Å². The number of amides is 2. The zero-order chi connectivity index (χ0) is 19.4. The number of nitrogens with two attached hydrogens (primary N) is 1.